The molecule has 0 heterocycles. The molecule has 0 amide bonds. The van der Waals surface area contributed by atoms with Crippen molar-refractivity contribution in [2.45, 2.75) is 104 Å². The predicted molar refractivity (Wildman–Crippen MR) is 111 cm³/mol. The van der Waals surface area contributed by atoms with E-state index >= 15 is 0 Å². The number of hydrogen-bond donors (Lipinski definition) is 0. The molecule has 0 aromatic carbocycles. The maximum absolute atomic E-state index is 5.96. The average Bonchev–Trinajstić information content (AvgIpc) is 2.60. The van der Waals surface area contributed by atoms with Crippen molar-refractivity contribution in [3.05, 3.63) is 12.2 Å². The molecule has 0 bridgehead atoms. The third-order valence-electron chi connectivity index (χ3n) is 4.16. The summed E-state index contributed by atoms with van der Waals surface area (Å²) in [4.78, 5) is 0. The molecule has 0 aliphatic heterocycles. The van der Waals surface area contributed by atoms with Crippen molar-refractivity contribution in [3.8, 4) is 0 Å². The van der Waals surface area contributed by atoms with E-state index in [9.17, 15) is 0 Å². The van der Waals surface area contributed by atoms with Gasteiger partial charge >= 0.3 is 0 Å². The molecule has 144 valence electrons. The third kappa shape index (κ3) is 18.4. The summed E-state index contributed by atoms with van der Waals surface area (Å²) < 4.78 is 11.9. The Morgan fingerprint density at radius 3 is 1.83 bits per heavy atom. The Labute approximate surface area is 154 Å². The van der Waals surface area contributed by atoms with Crippen molar-refractivity contribution in [1.29, 1.82) is 0 Å². The number of hydrogen-bond acceptors (Lipinski definition) is 2. The van der Waals surface area contributed by atoms with E-state index < -0.39 is 0 Å². The van der Waals surface area contributed by atoms with Crippen LogP contribution in [-0.4, -0.2) is 25.7 Å². The van der Waals surface area contributed by atoms with Crippen molar-refractivity contribution >= 4 is 9.24 Å². The minimum Gasteiger partial charge on any atom is -0.353 e. The number of allylic oxidation sites excluding steroid dienone is 2. The van der Waals surface area contributed by atoms with Crippen LogP contribution in [0, 0.1) is 0 Å². The standard InChI is InChI=1S/C21H43O2P/c1-3-5-14-18-22-21(23-19-15-6-4-2)17-13-11-9-7-8-10-12-16-20-24/h8,10,21H,3-7,9,11-20,24H2,1-2H3/b10-8+. The van der Waals surface area contributed by atoms with Crippen LogP contribution in [0.3, 0.4) is 0 Å². The lowest BCUT2D eigenvalue weighted by atomic mass is 10.1. The van der Waals surface area contributed by atoms with Gasteiger partial charge in [-0.1, -0.05) is 58.1 Å². The number of rotatable bonds is 19. The summed E-state index contributed by atoms with van der Waals surface area (Å²) in [7, 11) is 2.79. The minimum atomic E-state index is 0.0244. The second-order valence-electron chi connectivity index (χ2n) is 6.63. The molecule has 2 nitrogen and oxygen atoms in total. The van der Waals surface area contributed by atoms with E-state index in [0.717, 1.165) is 32.5 Å². The van der Waals surface area contributed by atoms with Gasteiger partial charge in [0.15, 0.2) is 6.29 Å². The van der Waals surface area contributed by atoms with Gasteiger partial charge in [0.25, 0.3) is 0 Å². The zero-order valence-corrected chi connectivity index (χ0v) is 17.6. The first kappa shape index (κ1) is 24.1. The fourth-order valence-electron chi connectivity index (χ4n) is 2.57. The van der Waals surface area contributed by atoms with Crippen LogP contribution >= 0.6 is 9.24 Å². The smallest absolute Gasteiger partial charge is 0.157 e. The molecule has 0 aliphatic rings. The second kappa shape index (κ2) is 21.1. The molecule has 0 aromatic heterocycles. The summed E-state index contributed by atoms with van der Waals surface area (Å²) in [5.74, 6) is 0. The van der Waals surface area contributed by atoms with Crippen LogP contribution in [0.1, 0.15) is 97.3 Å². The van der Waals surface area contributed by atoms with Gasteiger partial charge in [-0.05, 0) is 57.5 Å². The van der Waals surface area contributed by atoms with Gasteiger partial charge in [-0.15, -0.1) is 9.24 Å². The monoisotopic (exact) mass is 358 g/mol. The highest BCUT2D eigenvalue weighted by Crippen LogP contribution is 2.12. The SMILES string of the molecule is CCCCCOC(CCCCC/C=C/CCCP)OCCCCC. The largest absolute Gasteiger partial charge is 0.353 e. The molecule has 0 radical (unpaired) electrons. The first-order valence-corrected chi connectivity index (χ1v) is 11.2. The number of ether oxygens (including phenoxy) is 2. The first-order chi connectivity index (χ1) is 11.8. The maximum atomic E-state index is 5.96. The molecular formula is C21H43O2P. The van der Waals surface area contributed by atoms with E-state index in [4.69, 9.17) is 9.47 Å². The molecule has 24 heavy (non-hydrogen) atoms. The Bertz CT molecular complexity index is 244. The Hall–Kier alpha value is 0.0900. The number of unbranched alkanes of at least 4 members (excludes halogenated alkanes) is 8. The second-order valence-corrected chi connectivity index (χ2v) is 7.20. The molecule has 0 N–H and O–H groups in total. The average molecular weight is 359 g/mol. The van der Waals surface area contributed by atoms with Crippen LogP contribution in [0.15, 0.2) is 12.2 Å². The fraction of sp³-hybridized carbons (Fsp3) is 0.905. The predicted octanol–water partition coefficient (Wildman–Crippen LogP) is 6.89. The normalized spacial score (nSPS) is 11.8. The molecule has 0 fully saturated rings. The van der Waals surface area contributed by atoms with E-state index in [0.29, 0.717) is 0 Å². The van der Waals surface area contributed by atoms with E-state index in [1.54, 1.807) is 0 Å². The molecule has 0 rings (SSSR count). The summed E-state index contributed by atoms with van der Waals surface area (Å²) in [5.41, 5.74) is 0. The molecule has 0 aliphatic carbocycles. The molecule has 3 heteroatoms. The van der Waals surface area contributed by atoms with Gasteiger partial charge in [0.2, 0.25) is 0 Å². The summed E-state index contributed by atoms with van der Waals surface area (Å²) in [5, 5.41) is 0. The topological polar surface area (TPSA) is 18.5 Å². The van der Waals surface area contributed by atoms with Gasteiger partial charge < -0.3 is 9.47 Å². The van der Waals surface area contributed by atoms with Crippen molar-refractivity contribution in [1.82, 2.24) is 0 Å². The summed E-state index contributed by atoms with van der Waals surface area (Å²) in [6, 6.07) is 0. The maximum Gasteiger partial charge on any atom is 0.157 e. The first-order valence-electron chi connectivity index (χ1n) is 10.4. The lowest BCUT2D eigenvalue weighted by Gasteiger charge is -2.18. The zero-order valence-electron chi connectivity index (χ0n) is 16.4. The summed E-state index contributed by atoms with van der Waals surface area (Å²) in [6.07, 6.45) is 21.8. The van der Waals surface area contributed by atoms with Crippen LogP contribution in [0.2, 0.25) is 0 Å². The molecular weight excluding hydrogens is 315 g/mol. The molecule has 1 atom stereocenters. The van der Waals surface area contributed by atoms with Gasteiger partial charge in [0, 0.05) is 13.2 Å². The quantitative estimate of drug-likeness (QED) is 0.108. The van der Waals surface area contributed by atoms with E-state index in [1.807, 2.05) is 0 Å². The Morgan fingerprint density at radius 1 is 0.708 bits per heavy atom. The highest BCUT2D eigenvalue weighted by molar-refractivity contribution is 7.16. The van der Waals surface area contributed by atoms with Crippen LogP contribution in [0.25, 0.3) is 0 Å². The molecule has 1 unspecified atom stereocenters. The Kier molecular flexibility index (Phi) is 21.2. The Balaban J connectivity index is 3.70. The van der Waals surface area contributed by atoms with Crippen LogP contribution in [0.5, 0.6) is 0 Å². The molecule has 0 saturated heterocycles. The summed E-state index contributed by atoms with van der Waals surface area (Å²) >= 11 is 0. The van der Waals surface area contributed by atoms with Gasteiger partial charge in [-0.2, -0.15) is 0 Å². The van der Waals surface area contributed by atoms with Crippen molar-refractivity contribution in [2.75, 3.05) is 19.4 Å². The van der Waals surface area contributed by atoms with Crippen molar-refractivity contribution in [2.24, 2.45) is 0 Å². The summed E-state index contributed by atoms with van der Waals surface area (Å²) in [6.45, 7) is 6.16. The van der Waals surface area contributed by atoms with Crippen molar-refractivity contribution in [3.63, 3.8) is 0 Å². The van der Waals surface area contributed by atoms with E-state index in [-0.39, 0.29) is 6.29 Å². The van der Waals surface area contributed by atoms with Crippen LogP contribution in [0.4, 0.5) is 0 Å². The van der Waals surface area contributed by atoms with Crippen molar-refractivity contribution < 1.29 is 9.47 Å². The third-order valence-corrected chi connectivity index (χ3v) is 4.56. The van der Waals surface area contributed by atoms with E-state index in [2.05, 4.69) is 35.2 Å². The van der Waals surface area contributed by atoms with Gasteiger partial charge in [0.05, 0.1) is 0 Å². The lowest BCUT2D eigenvalue weighted by Crippen LogP contribution is -2.19. The highest BCUT2D eigenvalue weighted by Gasteiger charge is 2.08. The lowest BCUT2D eigenvalue weighted by molar-refractivity contribution is -0.148. The van der Waals surface area contributed by atoms with Gasteiger partial charge in [0.1, 0.15) is 0 Å². The zero-order chi connectivity index (χ0) is 17.7. The minimum absolute atomic E-state index is 0.0244. The molecule has 0 aromatic rings. The fourth-order valence-corrected chi connectivity index (χ4v) is 2.81. The Morgan fingerprint density at radius 2 is 1.29 bits per heavy atom. The van der Waals surface area contributed by atoms with E-state index in [1.165, 1.54) is 70.4 Å². The molecule has 0 saturated carbocycles. The molecule has 0 spiro atoms. The highest BCUT2D eigenvalue weighted by atomic mass is 31.0. The van der Waals surface area contributed by atoms with Gasteiger partial charge in [-0.25, -0.2) is 0 Å². The van der Waals surface area contributed by atoms with Crippen LogP contribution in [-0.2, 0) is 9.47 Å². The van der Waals surface area contributed by atoms with Crippen LogP contribution < -0.4 is 0 Å². The van der Waals surface area contributed by atoms with Gasteiger partial charge in [-0.3, -0.25) is 0 Å².